The van der Waals surface area contributed by atoms with E-state index >= 15 is 0 Å². The van der Waals surface area contributed by atoms with Crippen molar-refractivity contribution in [3.05, 3.63) is 80.9 Å². The molecule has 0 aliphatic carbocycles. The average Bonchev–Trinajstić information content (AvgIpc) is 2.59. The Balaban J connectivity index is 2.04. The zero-order valence-corrected chi connectivity index (χ0v) is 13.0. The third kappa shape index (κ3) is 4.65. The number of non-ortho nitro benzene ring substituents is 1. The van der Waals surface area contributed by atoms with Crippen molar-refractivity contribution < 1.29 is 14.6 Å². The molecule has 0 aromatic heterocycles. The summed E-state index contributed by atoms with van der Waals surface area (Å²) in [4.78, 5) is 26.4. The van der Waals surface area contributed by atoms with Gasteiger partial charge in [0.25, 0.3) is 5.69 Å². The molecule has 8 heteroatoms. The summed E-state index contributed by atoms with van der Waals surface area (Å²) in [5, 5.41) is 14.7. The zero-order chi connectivity index (χ0) is 17.5. The predicted molar refractivity (Wildman–Crippen MR) is 90.4 cm³/mol. The maximum Gasteiger partial charge on any atom is 0.358 e. The van der Waals surface area contributed by atoms with Crippen LogP contribution in [0.15, 0.2) is 59.8 Å². The van der Waals surface area contributed by atoms with Crippen molar-refractivity contribution in [2.45, 2.75) is 0 Å². The molecule has 0 atom stereocenters. The second kappa shape index (κ2) is 7.89. The molecule has 2 N–H and O–H groups in total. The highest BCUT2D eigenvalue weighted by molar-refractivity contribution is 6.32. The molecule has 24 heavy (non-hydrogen) atoms. The van der Waals surface area contributed by atoms with Crippen LogP contribution in [0.3, 0.4) is 0 Å². The first-order valence-corrected chi connectivity index (χ1v) is 7.07. The molecular formula is C16H12ClN3O4. The number of benzene rings is 2. The highest BCUT2D eigenvalue weighted by atomic mass is 35.5. The fourth-order valence-electron chi connectivity index (χ4n) is 1.72. The van der Waals surface area contributed by atoms with Gasteiger partial charge in [-0.1, -0.05) is 47.1 Å². The number of rotatable bonds is 5. The first-order chi connectivity index (χ1) is 11.5. The molecule has 0 unspecified atom stereocenters. The molecule has 2 rings (SSSR count). The minimum atomic E-state index is -0.761. The normalized spacial score (nSPS) is 11.5. The molecular weight excluding hydrogens is 334 g/mol. The van der Waals surface area contributed by atoms with E-state index in [4.69, 9.17) is 17.3 Å². The van der Waals surface area contributed by atoms with Crippen LogP contribution in [0.25, 0.3) is 6.08 Å². The van der Waals surface area contributed by atoms with Gasteiger partial charge in [-0.3, -0.25) is 10.1 Å². The number of nitrogens with zero attached hydrogens (tertiary/aromatic N) is 2. The number of hydrogen-bond acceptors (Lipinski definition) is 5. The lowest BCUT2D eigenvalue weighted by atomic mass is 10.2. The number of carbonyl (C=O) groups excluding carboxylic acids is 1. The fraction of sp³-hybridized carbons (Fsp3) is 0. The van der Waals surface area contributed by atoms with Crippen LogP contribution in [0, 0.1) is 10.1 Å². The van der Waals surface area contributed by atoms with E-state index in [1.807, 2.05) is 0 Å². The highest BCUT2D eigenvalue weighted by Gasteiger charge is 2.08. The largest absolute Gasteiger partial charge is 0.380 e. The smallest absolute Gasteiger partial charge is 0.358 e. The van der Waals surface area contributed by atoms with E-state index in [0.717, 1.165) is 6.08 Å². The summed E-state index contributed by atoms with van der Waals surface area (Å²) in [5.74, 6) is -0.915. The Bertz CT molecular complexity index is 834. The minimum Gasteiger partial charge on any atom is -0.380 e. The van der Waals surface area contributed by atoms with Crippen LogP contribution in [0.2, 0.25) is 5.02 Å². The lowest BCUT2D eigenvalue weighted by Crippen LogP contribution is -2.15. The molecule has 2 aromatic rings. The predicted octanol–water partition coefficient (Wildman–Crippen LogP) is 3.13. The highest BCUT2D eigenvalue weighted by Crippen LogP contribution is 2.16. The molecule has 0 radical (unpaired) electrons. The topological polar surface area (TPSA) is 108 Å². The van der Waals surface area contributed by atoms with Gasteiger partial charge >= 0.3 is 5.97 Å². The van der Waals surface area contributed by atoms with Crippen LogP contribution in [0.4, 0.5) is 5.69 Å². The van der Waals surface area contributed by atoms with Crippen molar-refractivity contribution >= 4 is 35.2 Å². The Morgan fingerprint density at radius 1 is 1.25 bits per heavy atom. The van der Waals surface area contributed by atoms with Gasteiger partial charge in [-0.2, -0.15) is 0 Å². The molecule has 0 spiro atoms. The summed E-state index contributed by atoms with van der Waals surface area (Å²) >= 11 is 5.95. The van der Waals surface area contributed by atoms with Crippen LogP contribution in [-0.2, 0) is 9.63 Å². The lowest BCUT2D eigenvalue weighted by molar-refractivity contribution is -0.384. The van der Waals surface area contributed by atoms with Gasteiger partial charge in [-0.25, -0.2) is 4.79 Å². The summed E-state index contributed by atoms with van der Waals surface area (Å²) in [6, 6.07) is 12.5. The molecule has 7 nitrogen and oxygen atoms in total. The number of amidine groups is 1. The van der Waals surface area contributed by atoms with Crippen molar-refractivity contribution in [2.24, 2.45) is 10.9 Å². The number of nitro groups is 1. The Labute approximate surface area is 142 Å². The number of nitro benzene ring substituents is 1. The zero-order valence-electron chi connectivity index (χ0n) is 12.3. The van der Waals surface area contributed by atoms with Crippen LogP contribution >= 0.6 is 11.6 Å². The van der Waals surface area contributed by atoms with Gasteiger partial charge in [0, 0.05) is 28.8 Å². The average molecular weight is 346 g/mol. The third-order valence-electron chi connectivity index (χ3n) is 2.89. The van der Waals surface area contributed by atoms with E-state index in [0.29, 0.717) is 10.6 Å². The molecule has 0 bridgehead atoms. The second-order valence-corrected chi connectivity index (χ2v) is 4.96. The first-order valence-electron chi connectivity index (χ1n) is 6.69. The van der Waals surface area contributed by atoms with E-state index in [1.165, 1.54) is 30.3 Å². The quantitative estimate of drug-likeness (QED) is 0.224. The lowest BCUT2D eigenvalue weighted by Gasteiger charge is -2.00. The molecule has 0 aliphatic rings. The van der Waals surface area contributed by atoms with E-state index in [9.17, 15) is 14.9 Å². The van der Waals surface area contributed by atoms with Crippen LogP contribution < -0.4 is 5.73 Å². The molecule has 0 saturated carbocycles. The molecule has 0 aliphatic heterocycles. The fourth-order valence-corrected chi connectivity index (χ4v) is 1.92. The summed E-state index contributed by atoms with van der Waals surface area (Å²) in [7, 11) is 0. The van der Waals surface area contributed by atoms with Gasteiger partial charge in [0.1, 0.15) is 0 Å². The molecule has 0 amide bonds. The Morgan fingerprint density at radius 3 is 2.71 bits per heavy atom. The molecule has 122 valence electrons. The van der Waals surface area contributed by atoms with Crippen LogP contribution in [0.1, 0.15) is 11.1 Å². The van der Waals surface area contributed by atoms with Gasteiger partial charge < -0.3 is 10.6 Å². The van der Waals surface area contributed by atoms with E-state index in [2.05, 4.69) is 9.99 Å². The number of hydrogen-bond donors (Lipinski definition) is 1. The van der Waals surface area contributed by atoms with Crippen molar-refractivity contribution in [1.82, 2.24) is 0 Å². The Hall–Kier alpha value is -3.19. The van der Waals surface area contributed by atoms with E-state index in [1.54, 1.807) is 24.3 Å². The number of halogens is 1. The molecule has 2 aromatic carbocycles. The van der Waals surface area contributed by atoms with Crippen molar-refractivity contribution in [3.63, 3.8) is 0 Å². The van der Waals surface area contributed by atoms with Crippen molar-refractivity contribution in [1.29, 1.82) is 0 Å². The Kier molecular flexibility index (Phi) is 5.64. The number of nitrogens with two attached hydrogens (primary N) is 1. The minimum absolute atomic E-state index is 0.143. The molecule has 0 heterocycles. The van der Waals surface area contributed by atoms with Crippen LogP contribution in [-0.4, -0.2) is 16.7 Å². The van der Waals surface area contributed by atoms with Gasteiger partial charge in [-0.15, -0.1) is 0 Å². The van der Waals surface area contributed by atoms with Gasteiger partial charge in [0.15, 0.2) is 5.84 Å². The SMILES string of the molecule is N/C(=N/OC(=O)/C=C/c1ccccc1Cl)c1cccc([N+](=O)[O-])c1. The molecule has 0 fully saturated rings. The second-order valence-electron chi connectivity index (χ2n) is 4.55. The van der Waals surface area contributed by atoms with Gasteiger partial charge in [-0.05, 0) is 17.7 Å². The van der Waals surface area contributed by atoms with Crippen molar-refractivity contribution in [2.75, 3.05) is 0 Å². The standard InChI is InChI=1S/C16H12ClN3O4/c17-14-7-2-1-4-11(14)8-9-15(21)24-19-16(18)12-5-3-6-13(10-12)20(22)23/h1-10H,(H2,18,19)/b9-8+. The monoisotopic (exact) mass is 345 g/mol. The summed E-state index contributed by atoms with van der Waals surface area (Å²) in [6.45, 7) is 0. The summed E-state index contributed by atoms with van der Waals surface area (Å²) < 4.78 is 0. The van der Waals surface area contributed by atoms with Crippen molar-refractivity contribution in [3.8, 4) is 0 Å². The number of oxime groups is 1. The maximum atomic E-state index is 11.6. The van der Waals surface area contributed by atoms with Gasteiger partial charge in [0.2, 0.25) is 0 Å². The summed E-state index contributed by atoms with van der Waals surface area (Å²) in [5.41, 5.74) is 6.42. The van der Waals surface area contributed by atoms with Crippen LogP contribution in [0.5, 0.6) is 0 Å². The molecule has 0 saturated heterocycles. The first kappa shape index (κ1) is 17.2. The summed E-state index contributed by atoms with van der Waals surface area (Å²) in [6.07, 6.45) is 2.62. The van der Waals surface area contributed by atoms with Gasteiger partial charge in [0.05, 0.1) is 4.92 Å². The number of carbonyl (C=O) groups is 1. The third-order valence-corrected chi connectivity index (χ3v) is 3.24. The van der Waals surface area contributed by atoms with E-state index in [-0.39, 0.29) is 17.1 Å². The Morgan fingerprint density at radius 2 is 2.00 bits per heavy atom. The maximum absolute atomic E-state index is 11.6. The van der Waals surface area contributed by atoms with E-state index < -0.39 is 10.9 Å².